The summed E-state index contributed by atoms with van der Waals surface area (Å²) in [4.78, 5) is 11.7. The van der Waals surface area contributed by atoms with E-state index in [4.69, 9.17) is 4.74 Å². The van der Waals surface area contributed by atoms with Crippen molar-refractivity contribution in [3.05, 3.63) is 89.2 Å². The second-order valence-electron chi connectivity index (χ2n) is 5.63. The fourth-order valence-electron chi connectivity index (χ4n) is 2.64. The standard InChI is InChI=1S/C21H17FO2/c1-15-10-19(17-8-5-9-18(22)12-17)20(13-23)21(11-15)24-14-16-6-3-2-4-7-16/h2-13H,14H2,1H3. The Morgan fingerprint density at radius 1 is 1.00 bits per heavy atom. The van der Waals surface area contributed by atoms with E-state index in [1.807, 2.05) is 49.4 Å². The predicted molar refractivity (Wildman–Crippen MR) is 92.7 cm³/mol. The Labute approximate surface area is 140 Å². The minimum Gasteiger partial charge on any atom is -0.488 e. The maximum absolute atomic E-state index is 13.5. The van der Waals surface area contributed by atoms with E-state index in [-0.39, 0.29) is 5.82 Å². The van der Waals surface area contributed by atoms with Gasteiger partial charge in [-0.1, -0.05) is 48.5 Å². The molecule has 0 aliphatic rings. The van der Waals surface area contributed by atoms with Gasteiger partial charge < -0.3 is 4.74 Å². The van der Waals surface area contributed by atoms with Crippen molar-refractivity contribution in [1.29, 1.82) is 0 Å². The minimum absolute atomic E-state index is 0.336. The molecule has 0 heterocycles. The van der Waals surface area contributed by atoms with Crippen LogP contribution in [0.1, 0.15) is 21.5 Å². The van der Waals surface area contributed by atoms with Crippen LogP contribution in [-0.4, -0.2) is 6.29 Å². The molecule has 0 aliphatic carbocycles. The summed E-state index contributed by atoms with van der Waals surface area (Å²) in [5, 5.41) is 0. The number of hydrogen-bond acceptors (Lipinski definition) is 2. The summed E-state index contributed by atoms with van der Waals surface area (Å²) in [6.07, 6.45) is 0.764. The number of ether oxygens (including phenoxy) is 1. The van der Waals surface area contributed by atoms with Gasteiger partial charge in [-0.2, -0.15) is 0 Å². The van der Waals surface area contributed by atoms with Crippen LogP contribution in [0, 0.1) is 12.7 Å². The molecule has 0 aromatic heterocycles. The molecule has 0 unspecified atom stereocenters. The molecule has 0 amide bonds. The van der Waals surface area contributed by atoms with Crippen molar-refractivity contribution in [3.63, 3.8) is 0 Å². The first-order chi connectivity index (χ1) is 11.7. The summed E-state index contributed by atoms with van der Waals surface area (Å²) < 4.78 is 19.4. The monoisotopic (exact) mass is 320 g/mol. The Balaban J connectivity index is 1.99. The molecular formula is C21H17FO2. The lowest BCUT2D eigenvalue weighted by Gasteiger charge is -2.14. The van der Waals surface area contributed by atoms with E-state index < -0.39 is 0 Å². The second kappa shape index (κ2) is 7.09. The van der Waals surface area contributed by atoms with Crippen LogP contribution in [0.2, 0.25) is 0 Å². The molecule has 3 rings (SSSR count). The highest BCUT2D eigenvalue weighted by atomic mass is 19.1. The lowest BCUT2D eigenvalue weighted by molar-refractivity contribution is 0.111. The molecule has 0 saturated heterocycles. The molecule has 2 nitrogen and oxygen atoms in total. The maximum atomic E-state index is 13.5. The van der Waals surface area contributed by atoms with Gasteiger partial charge in [-0.15, -0.1) is 0 Å². The van der Waals surface area contributed by atoms with Gasteiger partial charge in [0.15, 0.2) is 6.29 Å². The average molecular weight is 320 g/mol. The first-order valence-electron chi connectivity index (χ1n) is 7.70. The molecule has 0 saturated carbocycles. The van der Waals surface area contributed by atoms with E-state index in [2.05, 4.69) is 0 Å². The van der Waals surface area contributed by atoms with E-state index in [1.54, 1.807) is 12.1 Å². The molecule has 24 heavy (non-hydrogen) atoms. The Morgan fingerprint density at radius 3 is 2.50 bits per heavy atom. The quantitative estimate of drug-likeness (QED) is 0.605. The third kappa shape index (κ3) is 3.51. The summed E-state index contributed by atoms with van der Waals surface area (Å²) in [5.41, 5.74) is 3.73. The average Bonchev–Trinajstić information content (AvgIpc) is 2.60. The topological polar surface area (TPSA) is 26.3 Å². The molecule has 3 heteroatoms. The van der Waals surface area contributed by atoms with Crippen molar-refractivity contribution in [2.24, 2.45) is 0 Å². The Morgan fingerprint density at radius 2 is 1.79 bits per heavy atom. The zero-order valence-corrected chi connectivity index (χ0v) is 13.3. The second-order valence-corrected chi connectivity index (χ2v) is 5.63. The zero-order valence-electron chi connectivity index (χ0n) is 13.3. The van der Waals surface area contributed by atoms with Gasteiger partial charge in [0.25, 0.3) is 0 Å². The van der Waals surface area contributed by atoms with E-state index >= 15 is 0 Å². The fraction of sp³-hybridized carbons (Fsp3) is 0.0952. The molecule has 0 fully saturated rings. The van der Waals surface area contributed by atoms with Crippen molar-refractivity contribution in [3.8, 4) is 16.9 Å². The maximum Gasteiger partial charge on any atom is 0.154 e. The molecule has 0 radical (unpaired) electrons. The molecule has 0 bridgehead atoms. The molecule has 120 valence electrons. The van der Waals surface area contributed by atoms with Crippen LogP contribution in [0.4, 0.5) is 4.39 Å². The lowest BCUT2D eigenvalue weighted by Crippen LogP contribution is -2.00. The third-order valence-corrected chi connectivity index (χ3v) is 3.78. The van der Waals surface area contributed by atoms with Crippen molar-refractivity contribution in [2.75, 3.05) is 0 Å². The van der Waals surface area contributed by atoms with Crippen LogP contribution < -0.4 is 4.74 Å². The van der Waals surface area contributed by atoms with Crippen molar-refractivity contribution < 1.29 is 13.9 Å². The lowest BCUT2D eigenvalue weighted by atomic mass is 9.97. The summed E-state index contributed by atoms with van der Waals surface area (Å²) in [6.45, 7) is 2.29. The molecule has 3 aromatic carbocycles. The normalized spacial score (nSPS) is 10.4. The largest absolute Gasteiger partial charge is 0.488 e. The number of rotatable bonds is 5. The molecule has 3 aromatic rings. The molecule has 0 aliphatic heterocycles. The Hall–Kier alpha value is -2.94. The highest BCUT2D eigenvalue weighted by Gasteiger charge is 2.13. The predicted octanol–water partition coefficient (Wildman–Crippen LogP) is 5.19. The zero-order chi connectivity index (χ0) is 16.9. The number of aryl methyl sites for hydroxylation is 1. The van der Waals surface area contributed by atoms with Crippen molar-refractivity contribution >= 4 is 6.29 Å². The number of carbonyl (C=O) groups is 1. The van der Waals surface area contributed by atoms with Crippen LogP contribution in [0.3, 0.4) is 0 Å². The van der Waals surface area contributed by atoms with E-state index in [0.29, 0.717) is 29.0 Å². The SMILES string of the molecule is Cc1cc(OCc2ccccc2)c(C=O)c(-c2cccc(F)c2)c1. The number of benzene rings is 3. The number of halogens is 1. The van der Waals surface area contributed by atoms with Crippen molar-refractivity contribution in [1.82, 2.24) is 0 Å². The van der Waals surface area contributed by atoms with E-state index in [9.17, 15) is 9.18 Å². The summed E-state index contributed by atoms with van der Waals surface area (Å²) in [7, 11) is 0. The van der Waals surface area contributed by atoms with E-state index in [0.717, 1.165) is 17.4 Å². The van der Waals surface area contributed by atoms with Crippen LogP contribution in [0.25, 0.3) is 11.1 Å². The summed E-state index contributed by atoms with van der Waals surface area (Å²) in [6, 6.07) is 19.7. The smallest absolute Gasteiger partial charge is 0.154 e. The molecule has 0 atom stereocenters. The van der Waals surface area contributed by atoms with Gasteiger partial charge in [0.05, 0.1) is 5.56 Å². The molecular weight excluding hydrogens is 303 g/mol. The Kier molecular flexibility index (Phi) is 4.71. The van der Waals surface area contributed by atoms with E-state index in [1.165, 1.54) is 12.1 Å². The first kappa shape index (κ1) is 15.9. The van der Waals surface area contributed by atoms with Crippen LogP contribution >= 0.6 is 0 Å². The molecule has 0 N–H and O–H groups in total. The van der Waals surface area contributed by atoms with Gasteiger partial charge in [0, 0.05) is 0 Å². The number of carbonyl (C=O) groups excluding carboxylic acids is 1. The van der Waals surface area contributed by atoms with Crippen LogP contribution in [0.5, 0.6) is 5.75 Å². The highest BCUT2D eigenvalue weighted by Crippen LogP contribution is 2.32. The first-order valence-corrected chi connectivity index (χ1v) is 7.70. The highest BCUT2D eigenvalue weighted by molar-refractivity contribution is 5.91. The van der Waals surface area contributed by atoms with Gasteiger partial charge in [0.1, 0.15) is 18.2 Å². The van der Waals surface area contributed by atoms with Crippen molar-refractivity contribution in [2.45, 2.75) is 13.5 Å². The number of hydrogen-bond donors (Lipinski definition) is 0. The Bertz CT molecular complexity index is 857. The minimum atomic E-state index is -0.336. The van der Waals surface area contributed by atoms with Gasteiger partial charge in [-0.25, -0.2) is 4.39 Å². The third-order valence-electron chi connectivity index (χ3n) is 3.78. The van der Waals surface area contributed by atoms with Gasteiger partial charge in [0.2, 0.25) is 0 Å². The van der Waals surface area contributed by atoms with Gasteiger partial charge in [-0.3, -0.25) is 4.79 Å². The van der Waals surface area contributed by atoms with Gasteiger partial charge >= 0.3 is 0 Å². The fourth-order valence-corrected chi connectivity index (χ4v) is 2.64. The summed E-state index contributed by atoms with van der Waals surface area (Å²) in [5.74, 6) is 0.172. The molecule has 0 spiro atoms. The summed E-state index contributed by atoms with van der Waals surface area (Å²) >= 11 is 0. The van der Waals surface area contributed by atoms with Crippen LogP contribution in [-0.2, 0) is 6.61 Å². The number of aldehydes is 1. The van der Waals surface area contributed by atoms with Crippen LogP contribution in [0.15, 0.2) is 66.7 Å². The van der Waals surface area contributed by atoms with Gasteiger partial charge in [-0.05, 0) is 47.4 Å².